The molecule has 3 rings (SSSR count). The number of anilines is 1. The minimum absolute atomic E-state index is 0.0524. The van der Waals surface area contributed by atoms with E-state index in [2.05, 4.69) is 15.3 Å². The van der Waals surface area contributed by atoms with Crippen LogP contribution in [0.5, 0.6) is 0 Å². The molecule has 0 spiro atoms. The molecule has 26 heavy (non-hydrogen) atoms. The largest absolute Gasteiger partial charge is 0.356 e. The maximum Gasteiger partial charge on any atom is 0.271 e. The molecule has 138 valence electrons. The Labute approximate surface area is 157 Å². The lowest BCUT2D eigenvalue weighted by atomic mass is 9.96. The van der Waals surface area contributed by atoms with Crippen LogP contribution in [-0.2, 0) is 4.79 Å². The lowest BCUT2D eigenvalue weighted by Crippen LogP contribution is -2.41. The van der Waals surface area contributed by atoms with Gasteiger partial charge in [-0.05, 0) is 43.5 Å². The van der Waals surface area contributed by atoms with Gasteiger partial charge in [0.2, 0.25) is 5.91 Å². The Balaban J connectivity index is 1.72. The molecule has 0 radical (unpaired) electrons. The topological polar surface area (TPSA) is 67.2 Å². The number of piperidine rings is 1. The van der Waals surface area contributed by atoms with Gasteiger partial charge in [0.15, 0.2) is 0 Å². The third kappa shape index (κ3) is 4.25. The summed E-state index contributed by atoms with van der Waals surface area (Å²) in [7, 11) is 0. The molecule has 1 N–H and O–H groups in total. The summed E-state index contributed by atoms with van der Waals surface area (Å²) < 4.78 is 1.36. The van der Waals surface area contributed by atoms with Crippen LogP contribution in [0.25, 0.3) is 5.69 Å². The monoisotopic (exact) mass is 374 g/mol. The second-order valence-electron chi connectivity index (χ2n) is 6.47. The highest BCUT2D eigenvalue weighted by molar-refractivity contribution is 6.30. The molecule has 1 amide bonds. The van der Waals surface area contributed by atoms with Crippen LogP contribution in [0.1, 0.15) is 26.2 Å². The van der Waals surface area contributed by atoms with Crippen molar-refractivity contribution in [1.82, 2.24) is 15.1 Å². The number of nitrogens with one attached hydrogen (secondary N) is 1. The molecule has 1 aromatic carbocycles. The Hall–Kier alpha value is -2.34. The molecule has 7 heteroatoms. The van der Waals surface area contributed by atoms with Crippen LogP contribution in [0, 0.1) is 5.92 Å². The Bertz CT molecular complexity index is 828. The summed E-state index contributed by atoms with van der Waals surface area (Å²) in [6, 6.07) is 10.3. The van der Waals surface area contributed by atoms with Gasteiger partial charge in [-0.3, -0.25) is 9.59 Å². The number of amides is 1. The Morgan fingerprint density at radius 1 is 1.27 bits per heavy atom. The van der Waals surface area contributed by atoms with Gasteiger partial charge < -0.3 is 10.2 Å². The number of hydrogen-bond acceptors (Lipinski definition) is 4. The quantitative estimate of drug-likeness (QED) is 0.873. The SMILES string of the molecule is CCCNC(=O)C1CCN(c2ccc(=O)n(-c3cccc(Cl)c3)n2)CC1. The van der Waals surface area contributed by atoms with Gasteiger partial charge in [-0.2, -0.15) is 4.68 Å². The van der Waals surface area contributed by atoms with Crippen LogP contribution in [0.3, 0.4) is 0 Å². The summed E-state index contributed by atoms with van der Waals surface area (Å²) in [5.74, 6) is 0.928. The van der Waals surface area contributed by atoms with E-state index >= 15 is 0 Å². The lowest BCUT2D eigenvalue weighted by Gasteiger charge is -2.32. The second-order valence-corrected chi connectivity index (χ2v) is 6.91. The molecular formula is C19H23ClN4O2. The zero-order valence-corrected chi connectivity index (χ0v) is 15.6. The molecule has 6 nitrogen and oxygen atoms in total. The van der Waals surface area contributed by atoms with Gasteiger partial charge in [0, 0.05) is 36.6 Å². The normalized spacial score (nSPS) is 15.1. The molecule has 1 aliphatic heterocycles. The van der Waals surface area contributed by atoms with Crippen molar-refractivity contribution in [2.24, 2.45) is 5.92 Å². The average Bonchev–Trinajstić information content (AvgIpc) is 2.66. The molecule has 0 saturated carbocycles. The number of aromatic nitrogens is 2. The van der Waals surface area contributed by atoms with Crippen LogP contribution >= 0.6 is 11.6 Å². The minimum Gasteiger partial charge on any atom is -0.356 e. The van der Waals surface area contributed by atoms with Crippen molar-refractivity contribution in [2.45, 2.75) is 26.2 Å². The van der Waals surface area contributed by atoms with E-state index in [0.717, 1.165) is 44.7 Å². The number of nitrogens with zero attached hydrogens (tertiary/aromatic N) is 3. The first-order valence-corrected chi connectivity index (χ1v) is 9.35. The summed E-state index contributed by atoms with van der Waals surface area (Å²) >= 11 is 6.03. The third-order valence-corrected chi connectivity index (χ3v) is 4.81. The first-order valence-electron chi connectivity index (χ1n) is 8.97. The van der Waals surface area contributed by atoms with Gasteiger partial charge >= 0.3 is 0 Å². The van der Waals surface area contributed by atoms with Gasteiger partial charge in [0.1, 0.15) is 5.82 Å². The van der Waals surface area contributed by atoms with Crippen molar-refractivity contribution >= 4 is 23.3 Å². The molecule has 0 unspecified atom stereocenters. The van der Waals surface area contributed by atoms with Crippen molar-refractivity contribution in [1.29, 1.82) is 0 Å². The minimum atomic E-state index is -0.204. The van der Waals surface area contributed by atoms with Crippen molar-refractivity contribution < 1.29 is 4.79 Å². The van der Waals surface area contributed by atoms with E-state index < -0.39 is 0 Å². The second kappa shape index (κ2) is 8.36. The zero-order chi connectivity index (χ0) is 18.5. The molecule has 0 bridgehead atoms. The Morgan fingerprint density at radius 3 is 2.73 bits per heavy atom. The number of rotatable bonds is 5. The first kappa shape index (κ1) is 18.5. The summed E-state index contributed by atoms with van der Waals surface area (Å²) in [5.41, 5.74) is 0.433. The van der Waals surface area contributed by atoms with Crippen LogP contribution in [0.15, 0.2) is 41.2 Å². The van der Waals surface area contributed by atoms with E-state index in [9.17, 15) is 9.59 Å². The van der Waals surface area contributed by atoms with E-state index in [1.54, 1.807) is 30.3 Å². The number of carbonyl (C=O) groups is 1. The Kier molecular flexibility index (Phi) is 5.93. The van der Waals surface area contributed by atoms with E-state index in [4.69, 9.17) is 11.6 Å². The number of carbonyl (C=O) groups excluding carboxylic acids is 1. The molecule has 2 heterocycles. The Morgan fingerprint density at radius 2 is 2.04 bits per heavy atom. The van der Waals surface area contributed by atoms with Gasteiger partial charge in [-0.15, -0.1) is 5.10 Å². The van der Waals surface area contributed by atoms with Crippen molar-refractivity contribution in [3.63, 3.8) is 0 Å². The van der Waals surface area contributed by atoms with Crippen LogP contribution in [0.4, 0.5) is 5.82 Å². The summed E-state index contributed by atoms with van der Waals surface area (Å²) in [5, 5.41) is 8.02. The highest BCUT2D eigenvalue weighted by atomic mass is 35.5. The van der Waals surface area contributed by atoms with Crippen molar-refractivity contribution in [2.75, 3.05) is 24.5 Å². The summed E-state index contributed by atoms with van der Waals surface area (Å²) in [4.78, 5) is 26.4. The standard InChI is InChI=1S/C19H23ClN4O2/c1-2-10-21-19(26)14-8-11-23(12-9-14)17-6-7-18(25)24(22-17)16-5-3-4-15(20)13-16/h3-7,13-14H,2,8-12H2,1H3,(H,21,26). The van der Waals surface area contributed by atoms with Crippen molar-refractivity contribution in [3.05, 3.63) is 51.8 Å². The summed E-state index contributed by atoms with van der Waals surface area (Å²) in [6.45, 7) is 4.25. The van der Waals surface area contributed by atoms with Crippen LogP contribution in [0.2, 0.25) is 5.02 Å². The molecule has 1 fully saturated rings. The zero-order valence-electron chi connectivity index (χ0n) is 14.8. The number of hydrogen-bond donors (Lipinski definition) is 1. The smallest absolute Gasteiger partial charge is 0.271 e. The molecule has 1 aliphatic rings. The maximum absolute atomic E-state index is 12.2. The van der Waals surface area contributed by atoms with Crippen LogP contribution < -0.4 is 15.8 Å². The summed E-state index contributed by atoms with van der Waals surface area (Å²) in [6.07, 6.45) is 2.51. The average molecular weight is 375 g/mol. The molecule has 1 aromatic heterocycles. The molecule has 1 saturated heterocycles. The maximum atomic E-state index is 12.2. The van der Waals surface area contributed by atoms with Crippen molar-refractivity contribution in [3.8, 4) is 5.69 Å². The van der Waals surface area contributed by atoms with E-state index in [0.29, 0.717) is 10.7 Å². The molecule has 0 aliphatic carbocycles. The van der Waals surface area contributed by atoms with E-state index in [-0.39, 0.29) is 17.4 Å². The van der Waals surface area contributed by atoms with Gasteiger partial charge in [-0.1, -0.05) is 24.6 Å². The molecule has 2 aromatic rings. The van der Waals surface area contributed by atoms with E-state index in [1.807, 2.05) is 6.92 Å². The predicted molar refractivity (Wildman–Crippen MR) is 103 cm³/mol. The highest BCUT2D eigenvalue weighted by Gasteiger charge is 2.25. The number of benzene rings is 1. The predicted octanol–water partition coefficient (Wildman–Crippen LogP) is 2.63. The number of halogens is 1. The fourth-order valence-corrected chi connectivity index (χ4v) is 3.31. The highest BCUT2D eigenvalue weighted by Crippen LogP contribution is 2.22. The van der Waals surface area contributed by atoms with Gasteiger partial charge in [0.05, 0.1) is 5.69 Å². The molecular weight excluding hydrogens is 352 g/mol. The van der Waals surface area contributed by atoms with Gasteiger partial charge in [-0.25, -0.2) is 0 Å². The fraction of sp³-hybridized carbons (Fsp3) is 0.421. The first-order chi connectivity index (χ1) is 12.6. The third-order valence-electron chi connectivity index (χ3n) is 4.58. The van der Waals surface area contributed by atoms with Crippen LogP contribution in [-0.4, -0.2) is 35.3 Å². The van der Waals surface area contributed by atoms with E-state index in [1.165, 1.54) is 10.7 Å². The van der Waals surface area contributed by atoms with Gasteiger partial charge in [0.25, 0.3) is 5.56 Å². The fourth-order valence-electron chi connectivity index (χ4n) is 3.13. The molecule has 0 atom stereocenters. The lowest BCUT2D eigenvalue weighted by molar-refractivity contribution is -0.125.